The molecular formula is C19H13NS. The summed E-state index contributed by atoms with van der Waals surface area (Å²) in [7, 11) is 0. The van der Waals surface area contributed by atoms with E-state index in [1.54, 1.807) is 0 Å². The summed E-state index contributed by atoms with van der Waals surface area (Å²) in [6.07, 6.45) is 0. The van der Waals surface area contributed by atoms with Crippen LogP contribution >= 0.6 is 11.3 Å². The van der Waals surface area contributed by atoms with E-state index in [9.17, 15) is 5.26 Å². The molecule has 0 fully saturated rings. The maximum Gasteiger partial charge on any atom is 0.0701 e. The van der Waals surface area contributed by atoms with E-state index < -0.39 is 0 Å². The first kappa shape index (κ1) is 12.4. The molecule has 4 rings (SSSR count). The molecule has 1 aromatic heterocycles. The second-order valence-electron chi connectivity index (χ2n) is 5.34. The standard InChI is InChI=1S/C19H13NS/c1-12(11-20)16-10-13-6-2-3-7-14(13)19-18(16)15-8-4-5-9-17(15)21-19/h2-10,12H,1H3. The Kier molecular flexibility index (Phi) is 2.70. The average molecular weight is 287 g/mol. The minimum atomic E-state index is -0.102. The van der Waals surface area contributed by atoms with E-state index in [1.165, 1.54) is 30.9 Å². The first-order chi connectivity index (χ1) is 10.3. The number of fused-ring (bicyclic) bond motifs is 5. The Bertz CT molecular complexity index is 1020. The van der Waals surface area contributed by atoms with Crippen LogP contribution in [0.2, 0.25) is 0 Å². The number of benzene rings is 3. The highest BCUT2D eigenvalue weighted by atomic mass is 32.1. The molecule has 3 aromatic carbocycles. The van der Waals surface area contributed by atoms with Crippen molar-refractivity contribution in [3.63, 3.8) is 0 Å². The third-order valence-electron chi connectivity index (χ3n) is 4.06. The van der Waals surface area contributed by atoms with Gasteiger partial charge in [0.25, 0.3) is 0 Å². The van der Waals surface area contributed by atoms with Gasteiger partial charge in [0, 0.05) is 20.2 Å². The summed E-state index contributed by atoms with van der Waals surface area (Å²) in [5.41, 5.74) is 1.14. The fraction of sp³-hybridized carbons (Fsp3) is 0.105. The third kappa shape index (κ3) is 1.75. The van der Waals surface area contributed by atoms with Crippen LogP contribution < -0.4 is 0 Å². The van der Waals surface area contributed by atoms with Gasteiger partial charge in [-0.3, -0.25) is 0 Å². The minimum Gasteiger partial charge on any atom is -0.198 e. The molecule has 0 aliphatic rings. The van der Waals surface area contributed by atoms with Gasteiger partial charge in [-0.1, -0.05) is 42.5 Å². The van der Waals surface area contributed by atoms with Crippen LogP contribution in [0.15, 0.2) is 54.6 Å². The first-order valence-corrected chi connectivity index (χ1v) is 7.84. The van der Waals surface area contributed by atoms with Gasteiger partial charge in [0.1, 0.15) is 0 Å². The Labute approximate surface area is 127 Å². The number of thiophene rings is 1. The van der Waals surface area contributed by atoms with Gasteiger partial charge in [-0.05, 0) is 35.4 Å². The second kappa shape index (κ2) is 4.58. The monoisotopic (exact) mass is 287 g/mol. The maximum absolute atomic E-state index is 9.38. The van der Waals surface area contributed by atoms with Gasteiger partial charge in [-0.15, -0.1) is 11.3 Å². The highest BCUT2D eigenvalue weighted by Gasteiger charge is 2.16. The maximum atomic E-state index is 9.38. The number of nitriles is 1. The van der Waals surface area contributed by atoms with E-state index in [4.69, 9.17) is 0 Å². The van der Waals surface area contributed by atoms with E-state index >= 15 is 0 Å². The molecule has 0 amide bonds. The summed E-state index contributed by atoms with van der Waals surface area (Å²) in [6.45, 7) is 1.98. The number of rotatable bonds is 1. The van der Waals surface area contributed by atoms with Crippen LogP contribution in [0.25, 0.3) is 30.9 Å². The van der Waals surface area contributed by atoms with Crippen LogP contribution in [0.4, 0.5) is 0 Å². The van der Waals surface area contributed by atoms with Crippen molar-refractivity contribution in [1.82, 2.24) is 0 Å². The van der Waals surface area contributed by atoms with Crippen LogP contribution in [0, 0.1) is 11.3 Å². The lowest BCUT2D eigenvalue weighted by Gasteiger charge is -2.09. The summed E-state index contributed by atoms with van der Waals surface area (Å²) in [5, 5.41) is 14.4. The van der Waals surface area contributed by atoms with Crippen molar-refractivity contribution in [2.45, 2.75) is 12.8 Å². The molecule has 1 atom stereocenters. The van der Waals surface area contributed by atoms with E-state index in [-0.39, 0.29) is 5.92 Å². The molecule has 0 N–H and O–H groups in total. The van der Waals surface area contributed by atoms with E-state index in [2.05, 4.69) is 60.7 Å². The Hall–Kier alpha value is -2.37. The normalized spacial score (nSPS) is 12.8. The molecule has 0 aliphatic carbocycles. The smallest absolute Gasteiger partial charge is 0.0701 e. The molecule has 21 heavy (non-hydrogen) atoms. The van der Waals surface area contributed by atoms with Gasteiger partial charge in [0.05, 0.1) is 12.0 Å². The average Bonchev–Trinajstić information content (AvgIpc) is 2.93. The fourth-order valence-electron chi connectivity index (χ4n) is 3.00. The van der Waals surface area contributed by atoms with Crippen LogP contribution in [0.5, 0.6) is 0 Å². The molecule has 4 aromatic rings. The Morgan fingerprint density at radius 3 is 2.52 bits per heavy atom. The Balaban J connectivity index is 2.31. The molecule has 1 heterocycles. The van der Waals surface area contributed by atoms with E-state index in [1.807, 2.05) is 18.3 Å². The van der Waals surface area contributed by atoms with Crippen molar-refractivity contribution in [2.24, 2.45) is 0 Å². The predicted molar refractivity (Wildman–Crippen MR) is 90.9 cm³/mol. The molecule has 1 nitrogen and oxygen atoms in total. The van der Waals surface area contributed by atoms with Crippen LogP contribution in [0.3, 0.4) is 0 Å². The zero-order valence-electron chi connectivity index (χ0n) is 11.6. The number of nitrogens with zero attached hydrogens (tertiary/aromatic N) is 1. The lowest BCUT2D eigenvalue weighted by molar-refractivity contribution is 0.998. The van der Waals surface area contributed by atoms with Crippen molar-refractivity contribution in [3.8, 4) is 6.07 Å². The van der Waals surface area contributed by atoms with Gasteiger partial charge < -0.3 is 0 Å². The van der Waals surface area contributed by atoms with Gasteiger partial charge >= 0.3 is 0 Å². The summed E-state index contributed by atoms with van der Waals surface area (Å²) in [4.78, 5) is 0. The SMILES string of the molecule is CC(C#N)c1cc2ccccc2c2sc3ccccc3c12. The summed E-state index contributed by atoms with van der Waals surface area (Å²) in [6, 6.07) is 21.5. The van der Waals surface area contributed by atoms with Crippen molar-refractivity contribution < 1.29 is 0 Å². The molecule has 1 unspecified atom stereocenters. The van der Waals surface area contributed by atoms with Crippen molar-refractivity contribution in [2.75, 3.05) is 0 Å². The zero-order valence-corrected chi connectivity index (χ0v) is 12.4. The van der Waals surface area contributed by atoms with Crippen LogP contribution in [0.1, 0.15) is 18.4 Å². The van der Waals surface area contributed by atoms with Crippen molar-refractivity contribution >= 4 is 42.3 Å². The molecule has 0 saturated carbocycles. The summed E-state index contributed by atoms with van der Waals surface area (Å²) in [5.74, 6) is -0.102. The van der Waals surface area contributed by atoms with Gasteiger partial charge in [-0.25, -0.2) is 0 Å². The molecule has 0 bridgehead atoms. The van der Waals surface area contributed by atoms with Crippen LogP contribution in [-0.4, -0.2) is 0 Å². The second-order valence-corrected chi connectivity index (χ2v) is 6.39. The van der Waals surface area contributed by atoms with Crippen LogP contribution in [-0.2, 0) is 0 Å². The summed E-state index contributed by atoms with van der Waals surface area (Å²) >= 11 is 1.82. The third-order valence-corrected chi connectivity index (χ3v) is 5.26. The molecule has 100 valence electrons. The lowest BCUT2D eigenvalue weighted by Crippen LogP contribution is -1.91. The largest absolute Gasteiger partial charge is 0.198 e. The predicted octanol–water partition coefficient (Wildman–Crippen LogP) is 5.83. The van der Waals surface area contributed by atoms with E-state index in [0.717, 1.165) is 5.56 Å². The fourth-order valence-corrected chi connectivity index (χ4v) is 4.27. The molecule has 0 saturated heterocycles. The minimum absolute atomic E-state index is 0.102. The van der Waals surface area contributed by atoms with Gasteiger partial charge in [0.15, 0.2) is 0 Å². The Morgan fingerprint density at radius 1 is 1.00 bits per heavy atom. The highest BCUT2D eigenvalue weighted by molar-refractivity contribution is 7.26. The lowest BCUT2D eigenvalue weighted by atomic mass is 9.93. The molecule has 0 radical (unpaired) electrons. The van der Waals surface area contributed by atoms with E-state index in [0.29, 0.717) is 0 Å². The Morgan fingerprint density at radius 2 is 1.71 bits per heavy atom. The topological polar surface area (TPSA) is 23.8 Å². The number of hydrogen-bond acceptors (Lipinski definition) is 2. The molecule has 0 aliphatic heterocycles. The first-order valence-electron chi connectivity index (χ1n) is 7.02. The quantitative estimate of drug-likeness (QED) is 0.432. The highest BCUT2D eigenvalue weighted by Crippen LogP contribution is 2.42. The van der Waals surface area contributed by atoms with Crippen molar-refractivity contribution in [1.29, 1.82) is 5.26 Å². The van der Waals surface area contributed by atoms with Gasteiger partial charge in [-0.2, -0.15) is 5.26 Å². The number of hydrogen-bond donors (Lipinski definition) is 0. The molecular weight excluding hydrogens is 274 g/mol. The van der Waals surface area contributed by atoms with Gasteiger partial charge in [0.2, 0.25) is 0 Å². The van der Waals surface area contributed by atoms with Crippen molar-refractivity contribution in [3.05, 3.63) is 60.2 Å². The zero-order chi connectivity index (χ0) is 14.4. The summed E-state index contributed by atoms with van der Waals surface area (Å²) < 4.78 is 2.58. The molecule has 0 spiro atoms. The molecule has 2 heteroatoms.